The van der Waals surface area contributed by atoms with Crippen LogP contribution in [0.1, 0.15) is 45.7 Å². The summed E-state index contributed by atoms with van der Waals surface area (Å²) in [4.78, 5) is 24.9. The first-order chi connectivity index (χ1) is 12.4. The van der Waals surface area contributed by atoms with E-state index in [1.54, 1.807) is 26.0 Å². The fraction of sp³-hybridized carbons (Fsp3) is 0.333. The summed E-state index contributed by atoms with van der Waals surface area (Å²) in [6, 6.07) is 9.15. The summed E-state index contributed by atoms with van der Waals surface area (Å²) < 4.78 is 15.6. The summed E-state index contributed by atoms with van der Waals surface area (Å²) in [5.74, 6) is -0.677. The maximum atomic E-state index is 12.5. The SMILES string of the molecule is CCOC(=O)c1cc(-c2cc(C)ccc2C)c(C(=O)OCC)cc1OC. The minimum absolute atomic E-state index is 0.250. The predicted octanol–water partition coefficient (Wildman–Crippen LogP) is 4.33. The maximum absolute atomic E-state index is 12.5. The van der Waals surface area contributed by atoms with Crippen molar-refractivity contribution < 1.29 is 23.8 Å². The zero-order valence-corrected chi connectivity index (χ0v) is 15.8. The van der Waals surface area contributed by atoms with Gasteiger partial charge in [0.2, 0.25) is 0 Å². The van der Waals surface area contributed by atoms with Crippen LogP contribution in [0.4, 0.5) is 0 Å². The van der Waals surface area contributed by atoms with Gasteiger partial charge >= 0.3 is 11.9 Å². The van der Waals surface area contributed by atoms with Crippen molar-refractivity contribution >= 4 is 11.9 Å². The Morgan fingerprint density at radius 3 is 2.04 bits per heavy atom. The van der Waals surface area contributed by atoms with Crippen LogP contribution in [0.25, 0.3) is 11.1 Å². The van der Waals surface area contributed by atoms with Crippen molar-refractivity contribution in [3.05, 3.63) is 52.6 Å². The average molecular weight is 356 g/mol. The van der Waals surface area contributed by atoms with E-state index in [1.807, 2.05) is 32.0 Å². The van der Waals surface area contributed by atoms with Crippen LogP contribution in [0.2, 0.25) is 0 Å². The largest absolute Gasteiger partial charge is 0.496 e. The van der Waals surface area contributed by atoms with E-state index >= 15 is 0 Å². The molecule has 0 N–H and O–H groups in total. The fourth-order valence-electron chi connectivity index (χ4n) is 2.74. The van der Waals surface area contributed by atoms with E-state index in [-0.39, 0.29) is 24.5 Å². The van der Waals surface area contributed by atoms with Crippen molar-refractivity contribution in [2.45, 2.75) is 27.7 Å². The van der Waals surface area contributed by atoms with Gasteiger partial charge in [-0.1, -0.05) is 23.8 Å². The van der Waals surface area contributed by atoms with E-state index in [1.165, 1.54) is 7.11 Å². The number of esters is 2. The molecule has 0 aliphatic heterocycles. The van der Waals surface area contributed by atoms with Crippen molar-refractivity contribution in [2.24, 2.45) is 0 Å². The van der Waals surface area contributed by atoms with Gasteiger partial charge in [-0.15, -0.1) is 0 Å². The summed E-state index contributed by atoms with van der Waals surface area (Å²) in [6.45, 7) is 7.93. The molecule has 5 nitrogen and oxygen atoms in total. The normalized spacial score (nSPS) is 10.3. The smallest absolute Gasteiger partial charge is 0.341 e. The van der Waals surface area contributed by atoms with Crippen LogP contribution >= 0.6 is 0 Å². The van der Waals surface area contributed by atoms with Crippen molar-refractivity contribution in [3.63, 3.8) is 0 Å². The molecule has 138 valence electrons. The lowest BCUT2D eigenvalue weighted by Gasteiger charge is -2.16. The summed E-state index contributed by atoms with van der Waals surface area (Å²) in [7, 11) is 1.45. The summed E-state index contributed by atoms with van der Waals surface area (Å²) >= 11 is 0. The van der Waals surface area contributed by atoms with Gasteiger partial charge in [0.15, 0.2) is 0 Å². The van der Waals surface area contributed by atoms with Gasteiger partial charge in [0.1, 0.15) is 11.3 Å². The second-order valence-electron chi connectivity index (χ2n) is 5.86. The molecule has 0 bridgehead atoms. The van der Waals surface area contributed by atoms with Gasteiger partial charge in [-0.25, -0.2) is 9.59 Å². The molecule has 0 atom stereocenters. The summed E-state index contributed by atoms with van der Waals surface area (Å²) in [5, 5.41) is 0. The Morgan fingerprint density at radius 2 is 1.46 bits per heavy atom. The number of rotatable bonds is 6. The molecule has 26 heavy (non-hydrogen) atoms. The number of ether oxygens (including phenoxy) is 3. The molecule has 0 fully saturated rings. The first-order valence-electron chi connectivity index (χ1n) is 8.56. The van der Waals surface area contributed by atoms with Gasteiger partial charge in [0.25, 0.3) is 0 Å². The van der Waals surface area contributed by atoms with E-state index in [9.17, 15) is 9.59 Å². The highest BCUT2D eigenvalue weighted by Crippen LogP contribution is 2.34. The van der Waals surface area contributed by atoms with Gasteiger partial charge in [0, 0.05) is 0 Å². The Kier molecular flexibility index (Phi) is 6.39. The van der Waals surface area contributed by atoms with Gasteiger partial charge in [-0.2, -0.15) is 0 Å². The first kappa shape index (κ1) is 19.5. The second kappa shape index (κ2) is 8.52. The lowest BCUT2D eigenvalue weighted by Crippen LogP contribution is -2.12. The van der Waals surface area contributed by atoms with Crippen LogP contribution in [0, 0.1) is 13.8 Å². The second-order valence-corrected chi connectivity index (χ2v) is 5.86. The number of carbonyl (C=O) groups excluding carboxylic acids is 2. The third kappa shape index (κ3) is 4.04. The van der Waals surface area contributed by atoms with Crippen molar-refractivity contribution in [3.8, 4) is 16.9 Å². The van der Waals surface area contributed by atoms with Crippen molar-refractivity contribution in [1.29, 1.82) is 0 Å². The monoisotopic (exact) mass is 356 g/mol. The number of hydrogen-bond donors (Lipinski definition) is 0. The van der Waals surface area contributed by atoms with E-state index < -0.39 is 11.9 Å². The maximum Gasteiger partial charge on any atom is 0.341 e. The molecule has 0 saturated carbocycles. The van der Waals surface area contributed by atoms with Gasteiger partial charge < -0.3 is 14.2 Å². The van der Waals surface area contributed by atoms with E-state index in [4.69, 9.17) is 14.2 Å². The summed E-state index contributed by atoms with van der Waals surface area (Å²) in [6.07, 6.45) is 0. The third-order valence-corrected chi connectivity index (χ3v) is 4.01. The lowest BCUT2D eigenvalue weighted by molar-refractivity contribution is 0.0509. The molecule has 0 saturated heterocycles. The molecule has 0 radical (unpaired) electrons. The standard InChI is InChI=1S/C21H24O5/c1-6-25-20(22)17-12-19(24-5)18(21(23)26-7-2)11-16(17)15-10-13(3)8-9-14(15)4/h8-12H,6-7H2,1-5H3. The topological polar surface area (TPSA) is 61.8 Å². The highest BCUT2D eigenvalue weighted by atomic mass is 16.5. The van der Waals surface area contributed by atoms with Crippen LogP contribution in [-0.4, -0.2) is 32.3 Å². The molecular weight excluding hydrogens is 332 g/mol. The molecule has 0 spiro atoms. The molecule has 2 aromatic carbocycles. The molecular formula is C21H24O5. The van der Waals surface area contributed by atoms with E-state index in [0.717, 1.165) is 16.7 Å². The molecule has 0 aliphatic carbocycles. The van der Waals surface area contributed by atoms with Gasteiger partial charge in [0.05, 0.1) is 25.9 Å². The molecule has 0 unspecified atom stereocenters. The fourth-order valence-corrected chi connectivity index (χ4v) is 2.74. The van der Waals surface area contributed by atoms with Crippen LogP contribution < -0.4 is 4.74 Å². The Labute approximate surface area is 153 Å². The third-order valence-electron chi connectivity index (χ3n) is 4.01. The highest BCUT2D eigenvalue weighted by Gasteiger charge is 2.23. The minimum Gasteiger partial charge on any atom is -0.496 e. The molecule has 0 heterocycles. The Hall–Kier alpha value is -2.82. The van der Waals surface area contributed by atoms with Crippen LogP contribution in [0.3, 0.4) is 0 Å². The van der Waals surface area contributed by atoms with Gasteiger partial charge in [-0.05, 0) is 56.5 Å². The first-order valence-corrected chi connectivity index (χ1v) is 8.56. The zero-order chi connectivity index (χ0) is 19.3. The average Bonchev–Trinajstić information content (AvgIpc) is 2.63. The molecule has 0 amide bonds. The Balaban J connectivity index is 2.76. The summed E-state index contributed by atoms with van der Waals surface area (Å²) in [5.41, 5.74) is 4.15. The number of benzene rings is 2. The quantitative estimate of drug-likeness (QED) is 0.721. The van der Waals surface area contributed by atoms with Crippen molar-refractivity contribution in [1.82, 2.24) is 0 Å². The Bertz CT molecular complexity index is 823. The molecule has 2 rings (SSSR count). The lowest BCUT2D eigenvalue weighted by atomic mass is 9.92. The molecule has 5 heteroatoms. The number of aryl methyl sites for hydroxylation is 2. The molecule has 2 aromatic rings. The van der Waals surface area contributed by atoms with E-state index in [0.29, 0.717) is 11.1 Å². The minimum atomic E-state index is -0.494. The Morgan fingerprint density at radius 1 is 0.846 bits per heavy atom. The van der Waals surface area contributed by atoms with Crippen LogP contribution in [-0.2, 0) is 9.47 Å². The number of carbonyl (C=O) groups is 2. The zero-order valence-electron chi connectivity index (χ0n) is 15.8. The van der Waals surface area contributed by atoms with Gasteiger partial charge in [-0.3, -0.25) is 0 Å². The van der Waals surface area contributed by atoms with Crippen LogP contribution in [0.5, 0.6) is 5.75 Å². The van der Waals surface area contributed by atoms with E-state index in [2.05, 4.69) is 0 Å². The highest BCUT2D eigenvalue weighted by molar-refractivity contribution is 6.02. The number of methoxy groups -OCH3 is 1. The number of hydrogen-bond acceptors (Lipinski definition) is 5. The van der Waals surface area contributed by atoms with Crippen LogP contribution in [0.15, 0.2) is 30.3 Å². The molecule has 0 aromatic heterocycles. The predicted molar refractivity (Wildman–Crippen MR) is 99.8 cm³/mol. The van der Waals surface area contributed by atoms with Crippen molar-refractivity contribution in [2.75, 3.05) is 20.3 Å². The molecule has 0 aliphatic rings.